The number of ether oxygens (including phenoxy) is 1. The fourth-order valence-corrected chi connectivity index (χ4v) is 4.42. The quantitative estimate of drug-likeness (QED) is 0.453. The van der Waals surface area contributed by atoms with Crippen LogP contribution in [0.5, 0.6) is 0 Å². The molecule has 1 aromatic carbocycles. The standard InChI is InChI=1S/C18H17ClN2O5S/c1-10-2-4-12-13(9-27-16(12)6-10)18(23)26-8-17(22)20-14-7-11(19)3-5-15(14)21(24)25/h3,5,7,9-10H,2,4,6,8H2,1H3,(H,20,22)/t10-/m0/s1. The van der Waals surface area contributed by atoms with E-state index in [4.69, 9.17) is 16.3 Å². The van der Waals surface area contributed by atoms with E-state index in [1.165, 1.54) is 34.4 Å². The second-order valence-corrected chi connectivity index (χ2v) is 7.84. The second kappa shape index (κ2) is 8.06. The number of esters is 1. The van der Waals surface area contributed by atoms with Crippen molar-refractivity contribution in [2.24, 2.45) is 5.92 Å². The summed E-state index contributed by atoms with van der Waals surface area (Å²) < 4.78 is 5.10. The molecule has 1 atom stereocenters. The van der Waals surface area contributed by atoms with Crippen LogP contribution in [0.1, 0.15) is 34.1 Å². The van der Waals surface area contributed by atoms with Crippen molar-refractivity contribution in [3.05, 3.63) is 54.7 Å². The van der Waals surface area contributed by atoms with Crippen molar-refractivity contribution in [3.63, 3.8) is 0 Å². The van der Waals surface area contributed by atoms with Gasteiger partial charge >= 0.3 is 5.97 Å². The zero-order valence-corrected chi connectivity index (χ0v) is 16.1. The zero-order valence-electron chi connectivity index (χ0n) is 14.5. The van der Waals surface area contributed by atoms with E-state index in [2.05, 4.69) is 12.2 Å². The molecule has 9 heteroatoms. The van der Waals surface area contributed by atoms with Gasteiger partial charge in [-0.2, -0.15) is 0 Å². The van der Waals surface area contributed by atoms with E-state index >= 15 is 0 Å². The van der Waals surface area contributed by atoms with Crippen LogP contribution in [0.3, 0.4) is 0 Å². The molecule has 1 aliphatic rings. The Morgan fingerprint density at radius 2 is 2.22 bits per heavy atom. The number of nitro groups is 1. The molecule has 1 heterocycles. The molecule has 0 saturated heterocycles. The van der Waals surface area contributed by atoms with Crippen molar-refractivity contribution in [2.45, 2.75) is 26.2 Å². The molecule has 0 aliphatic heterocycles. The third-order valence-electron chi connectivity index (χ3n) is 4.39. The maximum absolute atomic E-state index is 12.3. The largest absolute Gasteiger partial charge is 0.452 e. The fourth-order valence-electron chi connectivity index (χ4n) is 3.01. The van der Waals surface area contributed by atoms with Crippen LogP contribution in [-0.2, 0) is 22.4 Å². The Morgan fingerprint density at radius 3 is 2.96 bits per heavy atom. The Bertz CT molecular complexity index is 911. The Hall–Kier alpha value is -2.45. The number of halogens is 1. The van der Waals surface area contributed by atoms with Gasteiger partial charge in [0.05, 0.1) is 10.5 Å². The van der Waals surface area contributed by atoms with Crippen molar-refractivity contribution in [1.82, 2.24) is 0 Å². The van der Waals surface area contributed by atoms with Gasteiger partial charge in [-0.1, -0.05) is 18.5 Å². The highest BCUT2D eigenvalue weighted by Gasteiger charge is 2.24. The molecule has 2 aromatic rings. The minimum absolute atomic E-state index is 0.0459. The third kappa shape index (κ3) is 4.45. The van der Waals surface area contributed by atoms with E-state index in [9.17, 15) is 19.7 Å². The minimum atomic E-state index is -0.675. The molecule has 0 unspecified atom stereocenters. The smallest absolute Gasteiger partial charge is 0.339 e. The Balaban J connectivity index is 1.63. The van der Waals surface area contributed by atoms with E-state index < -0.39 is 23.4 Å². The van der Waals surface area contributed by atoms with E-state index in [1.807, 2.05) is 0 Å². The van der Waals surface area contributed by atoms with Crippen LogP contribution in [0, 0.1) is 16.0 Å². The number of nitrogens with one attached hydrogen (secondary N) is 1. The minimum Gasteiger partial charge on any atom is -0.452 e. The maximum atomic E-state index is 12.3. The van der Waals surface area contributed by atoms with Gasteiger partial charge in [-0.3, -0.25) is 14.9 Å². The number of benzene rings is 1. The predicted molar refractivity (Wildman–Crippen MR) is 103 cm³/mol. The maximum Gasteiger partial charge on any atom is 0.339 e. The normalized spacial score (nSPS) is 15.7. The number of hydrogen-bond donors (Lipinski definition) is 1. The van der Waals surface area contributed by atoms with Crippen LogP contribution in [-0.4, -0.2) is 23.4 Å². The summed E-state index contributed by atoms with van der Waals surface area (Å²) in [6.07, 6.45) is 2.79. The number of carbonyl (C=O) groups excluding carboxylic acids is 2. The van der Waals surface area contributed by atoms with E-state index in [1.54, 1.807) is 5.38 Å². The highest BCUT2D eigenvalue weighted by molar-refractivity contribution is 7.10. The van der Waals surface area contributed by atoms with Crippen molar-refractivity contribution >= 4 is 46.2 Å². The molecule has 0 saturated carbocycles. The summed E-state index contributed by atoms with van der Waals surface area (Å²) in [4.78, 5) is 36.0. The van der Waals surface area contributed by atoms with Crippen molar-refractivity contribution < 1.29 is 19.2 Å². The van der Waals surface area contributed by atoms with Gasteiger partial charge in [0.2, 0.25) is 0 Å². The first kappa shape index (κ1) is 19.3. The van der Waals surface area contributed by atoms with Gasteiger partial charge in [0, 0.05) is 21.3 Å². The summed E-state index contributed by atoms with van der Waals surface area (Å²) in [6.45, 7) is 1.64. The van der Waals surface area contributed by atoms with Crippen molar-refractivity contribution in [1.29, 1.82) is 0 Å². The first-order chi connectivity index (χ1) is 12.8. The number of fused-ring (bicyclic) bond motifs is 1. The Morgan fingerprint density at radius 1 is 1.44 bits per heavy atom. The molecule has 142 valence electrons. The lowest BCUT2D eigenvalue weighted by atomic mass is 9.88. The number of hydrogen-bond acceptors (Lipinski definition) is 6. The average Bonchev–Trinajstić information content (AvgIpc) is 3.02. The van der Waals surface area contributed by atoms with Gasteiger partial charge in [0.25, 0.3) is 11.6 Å². The van der Waals surface area contributed by atoms with Crippen LogP contribution in [0.15, 0.2) is 23.6 Å². The van der Waals surface area contributed by atoms with Crippen LogP contribution in [0.2, 0.25) is 5.02 Å². The zero-order chi connectivity index (χ0) is 19.6. The summed E-state index contributed by atoms with van der Waals surface area (Å²) in [6, 6.07) is 3.83. The molecule has 0 fully saturated rings. The SMILES string of the molecule is C[C@H]1CCc2c(C(=O)OCC(=O)Nc3cc(Cl)ccc3[N+](=O)[O-])csc2C1. The molecule has 0 bridgehead atoms. The van der Waals surface area contributed by atoms with Gasteiger partial charge in [-0.05, 0) is 42.9 Å². The molecular weight excluding hydrogens is 392 g/mol. The van der Waals surface area contributed by atoms with E-state index in [0.717, 1.165) is 24.8 Å². The lowest BCUT2D eigenvalue weighted by molar-refractivity contribution is -0.383. The molecular formula is C18H17ClN2O5S. The molecule has 0 spiro atoms. The van der Waals surface area contributed by atoms with Crippen molar-refractivity contribution in [3.8, 4) is 0 Å². The third-order valence-corrected chi connectivity index (χ3v) is 5.67. The second-order valence-electron chi connectivity index (χ2n) is 6.44. The van der Waals surface area contributed by atoms with Gasteiger partial charge in [-0.25, -0.2) is 4.79 Å². The van der Waals surface area contributed by atoms with E-state index in [-0.39, 0.29) is 16.4 Å². The summed E-state index contributed by atoms with van der Waals surface area (Å²) in [5, 5.41) is 15.4. The number of nitrogens with zero attached hydrogens (tertiary/aromatic N) is 1. The number of anilines is 1. The Labute approximate surface area is 164 Å². The molecule has 1 aliphatic carbocycles. The highest BCUT2D eigenvalue weighted by atomic mass is 35.5. The molecule has 0 radical (unpaired) electrons. The highest BCUT2D eigenvalue weighted by Crippen LogP contribution is 2.33. The van der Waals surface area contributed by atoms with Crippen LogP contribution in [0.4, 0.5) is 11.4 Å². The number of rotatable bonds is 5. The lowest BCUT2D eigenvalue weighted by Crippen LogP contribution is -2.22. The monoisotopic (exact) mass is 408 g/mol. The summed E-state index contributed by atoms with van der Waals surface area (Å²) in [5.74, 6) is -0.636. The number of amides is 1. The summed E-state index contributed by atoms with van der Waals surface area (Å²) >= 11 is 7.36. The molecule has 1 aromatic heterocycles. The van der Waals surface area contributed by atoms with Gasteiger partial charge in [0.15, 0.2) is 6.61 Å². The predicted octanol–water partition coefficient (Wildman–Crippen LogP) is 4.23. The molecule has 7 nitrogen and oxygen atoms in total. The average molecular weight is 409 g/mol. The fraction of sp³-hybridized carbons (Fsp3) is 0.333. The molecule has 1 amide bonds. The van der Waals surface area contributed by atoms with Gasteiger partial charge in [-0.15, -0.1) is 11.3 Å². The molecule has 1 N–H and O–H groups in total. The Kier molecular flexibility index (Phi) is 5.76. The number of carbonyl (C=O) groups is 2. The first-order valence-corrected chi connectivity index (χ1v) is 9.61. The molecule has 27 heavy (non-hydrogen) atoms. The molecule has 3 rings (SSSR count). The number of thiophene rings is 1. The van der Waals surface area contributed by atoms with Crippen LogP contribution >= 0.6 is 22.9 Å². The van der Waals surface area contributed by atoms with E-state index in [0.29, 0.717) is 11.5 Å². The van der Waals surface area contributed by atoms with Crippen LogP contribution < -0.4 is 5.32 Å². The van der Waals surface area contributed by atoms with Crippen molar-refractivity contribution in [2.75, 3.05) is 11.9 Å². The topological polar surface area (TPSA) is 98.5 Å². The summed E-state index contributed by atoms with van der Waals surface area (Å²) in [5.41, 5.74) is 1.17. The van der Waals surface area contributed by atoms with Gasteiger partial charge < -0.3 is 10.1 Å². The summed E-state index contributed by atoms with van der Waals surface area (Å²) in [7, 11) is 0. The first-order valence-electron chi connectivity index (χ1n) is 8.35. The van der Waals surface area contributed by atoms with Crippen LogP contribution in [0.25, 0.3) is 0 Å². The van der Waals surface area contributed by atoms with Gasteiger partial charge in [0.1, 0.15) is 5.69 Å². The lowest BCUT2D eigenvalue weighted by Gasteiger charge is -2.18. The number of nitro benzene ring substituents is 1.